The van der Waals surface area contributed by atoms with E-state index in [1.54, 1.807) is 0 Å². The predicted molar refractivity (Wildman–Crippen MR) is 89.6 cm³/mol. The van der Waals surface area contributed by atoms with Crippen molar-refractivity contribution in [3.05, 3.63) is 54.0 Å². The van der Waals surface area contributed by atoms with E-state index < -0.39 is 0 Å². The number of hydrogen-bond donors (Lipinski definition) is 1. The van der Waals surface area contributed by atoms with Gasteiger partial charge in [-0.2, -0.15) is 0 Å². The van der Waals surface area contributed by atoms with E-state index in [1.165, 1.54) is 6.33 Å². The molecule has 0 amide bonds. The number of anilines is 1. The smallest absolute Gasteiger partial charge is 0.325 e. The van der Waals surface area contributed by atoms with Crippen LogP contribution in [0.3, 0.4) is 0 Å². The van der Waals surface area contributed by atoms with Gasteiger partial charge < -0.3 is 14.8 Å². The first-order valence-corrected chi connectivity index (χ1v) is 8.14. The van der Waals surface area contributed by atoms with E-state index in [4.69, 9.17) is 9.47 Å². The van der Waals surface area contributed by atoms with Gasteiger partial charge in [0.05, 0.1) is 0 Å². The molecule has 0 aliphatic carbocycles. The minimum atomic E-state index is -0.315. The standard InChI is InChI=1S/C18H21N3O3/c22-18(24-12-14-4-2-1-3-5-14)11-19-17-10-16(20-13-21-17)15-6-8-23-9-7-15/h1-5,10,13,15H,6-9,11-12H2,(H,19,20,21). The third-order valence-corrected chi connectivity index (χ3v) is 3.98. The van der Waals surface area contributed by atoms with Crippen LogP contribution in [0.5, 0.6) is 0 Å². The average Bonchev–Trinajstić information content (AvgIpc) is 2.66. The van der Waals surface area contributed by atoms with Crippen LogP contribution in [-0.2, 0) is 20.9 Å². The van der Waals surface area contributed by atoms with Crippen LogP contribution < -0.4 is 5.32 Å². The highest BCUT2D eigenvalue weighted by Gasteiger charge is 2.17. The van der Waals surface area contributed by atoms with Crippen molar-refractivity contribution in [2.45, 2.75) is 25.4 Å². The normalized spacial score (nSPS) is 15.0. The summed E-state index contributed by atoms with van der Waals surface area (Å²) in [5.41, 5.74) is 1.96. The molecule has 1 aliphatic rings. The van der Waals surface area contributed by atoms with Crippen molar-refractivity contribution in [3.8, 4) is 0 Å². The molecule has 3 rings (SSSR count). The second kappa shape index (κ2) is 8.40. The molecule has 126 valence electrons. The van der Waals surface area contributed by atoms with Gasteiger partial charge in [0.15, 0.2) is 0 Å². The van der Waals surface area contributed by atoms with Crippen molar-refractivity contribution < 1.29 is 14.3 Å². The highest BCUT2D eigenvalue weighted by Crippen LogP contribution is 2.25. The van der Waals surface area contributed by atoms with E-state index in [9.17, 15) is 4.79 Å². The molecule has 6 nitrogen and oxygen atoms in total. The molecular formula is C18H21N3O3. The lowest BCUT2D eigenvalue weighted by Crippen LogP contribution is -2.18. The van der Waals surface area contributed by atoms with E-state index in [0.29, 0.717) is 11.7 Å². The van der Waals surface area contributed by atoms with Gasteiger partial charge in [-0.15, -0.1) is 0 Å². The van der Waals surface area contributed by atoms with Crippen LogP contribution >= 0.6 is 0 Å². The van der Waals surface area contributed by atoms with E-state index in [-0.39, 0.29) is 19.1 Å². The summed E-state index contributed by atoms with van der Waals surface area (Å²) < 4.78 is 10.6. The topological polar surface area (TPSA) is 73.3 Å². The SMILES string of the molecule is O=C(CNc1cc(C2CCOCC2)ncn1)OCc1ccccc1. The minimum Gasteiger partial charge on any atom is -0.460 e. The van der Waals surface area contributed by atoms with Crippen molar-refractivity contribution in [2.24, 2.45) is 0 Å². The molecule has 0 spiro atoms. The second-order valence-electron chi connectivity index (χ2n) is 5.71. The lowest BCUT2D eigenvalue weighted by atomic mass is 9.96. The summed E-state index contributed by atoms with van der Waals surface area (Å²) in [4.78, 5) is 20.3. The van der Waals surface area contributed by atoms with Crippen LogP contribution in [-0.4, -0.2) is 35.7 Å². The van der Waals surface area contributed by atoms with Crippen molar-refractivity contribution >= 4 is 11.8 Å². The zero-order chi connectivity index (χ0) is 16.6. The van der Waals surface area contributed by atoms with Crippen LogP contribution in [0, 0.1) is 0 Å². The molecule has 1 aromatic carbocycles. The molecule has 0 bridgehead atoms. The van der Waals surface area contributed by atoms with Gasteiger partial charge in [0.25, 0.3) is 0 Å². The molecule has 1 fully saturated rings. The zero-order valence-corrected chi connectivity index (χ0v) is 13.5. The molecule has 0 unspecified atom stereocenters. The summed E-state index contributed by atoms with van der Waals surface area (Å²) in [5, 5.41) is 3.00. The Bertz CT molecular complexity index is 658. The molecule has 1 aliphatic heterocycles. The van der Waals surface area contributed by atoms with Crippen LogP contribution in [0.1, 0.15) is 30.0 Å². The van der Waals surface area contributed by atoms with E-state index in [2.05, 4.69) is 15.3 Å². The maximum Gasteiger partial charge on any atom is 0.325 e. The van der Waals surface area contributed by atoms with Gasteiger partial charge in [0.1, 0.15) is 25.3 Å². The fourth-order valence-corrected chi connectivity index (χ4v) is 2.64. The number of nitrogens with one attached hydrogen (secondary N) is 1. The Hall–Kier alpha value is -2.47. The highest BCUT2D eigenvalue weighted by atomic mass is 16.5. The Morgan fingerprint density at radius 2 is 2.00 bits per heavy atom. The predicted octanol–water partition coefficient (Wildman–Crippen LogP) is 2.53. The van der Waals surface area contributed by atoms with Gasteiger partial charge in [0.2, 0.25) is 0 Å². The quantitative estimate of drug-likeness (QED) is 0.822. The minimum absolute atomic E-state index is 0.0804. The number of aromatic nitrogens is 2. The first kappa shape index (κ1) is 16.4. The monoisotopic (exact) mass is 327 g/mol. The first-order chi connectivity index (χ1) is 11.8. The Balaban J connectivity index is 1.48. The maximum absolute atomic E-state index is 11.8. The Morgan fingerprint density at radius 3 is 2.79 bits per heavy atom. The van der Waals surface area contributed by atoms with E-state index >= 15 is 0 Å². The molecule has 0 radical (unpaired) electrons. The summed E-state index contributed by atoms with van der Waals surface area (Å²) in [6.07, 6.45) is 3.47. The number of esters is 1. The van der Waals surface area contributed by atoms with Crippen molar-refractivity contribution in [1.82, 2.24) is 9.97 Å². The molecule has 1 saturated heterocycles. The molecule has 2 heterocycles. The van der Waals surface area contributed by atoms with E-state index in [1.807, 2.05) is 36.4 Å². The Morgan fingerprint density at radius 1 is 1.21 bits per heavy atom. The number of nitrogens with zero attached hydrogens (tertiary/aromatic N) is 2. The molecular weight excluding hydrogens is 306 g/mol. The Kier molecular flexibility index (Phi) is 5.74. The van der Waals surface area contributed by atoms with Crippen molar-refractivity contribution in [3.63, 3.8) is 0 Å². The number of ether oxygens (including phenoxy) is 2. The van der Waals surface area contributed by atoms with Crippen molar-refractivity contribution in [1.29, 1.82) is 0 Å². The molecule has 0 atom stereocenters. The summed E-state index contributed by atoms with van der Waals surface area (Å²) >= 11 is 0. The highest BCUT2D eigenvalue weighted by molar-refractivity contribution is 5.74. The molecule has 1 N–H and O–H groups in total. The van der Waals surface area contributed by atoms with Gasteiger partial charge in [-0.3, -0.25) is 4.79 Å². The van der Waals surface area contributed by atoms with Crippen LogP contribution in [0.2, 0.25) is 0 Å². The number of hydrogen-bond acceptors (Lipinski definition) is 6. The summed E-state index contributed by atoms with van der Waals surface area (Å²) in [5.74, 6) is 0.723. The van der Waals surface area contributed by atoms with Gasteiger partial charge in [-0.05, 0) is 18.4 Å². The van der Waals surface area contributed by atoms with Crippen LogP contribution in [0.4, 0.5) is 5.82 Å². The first-order valence-electron chi connectivity index (χ1n) is 8.14. The molecule has 2 aromatic rings. The third kappa shape index (κ3) is 4.76. The van der Waals surface area contributed by atoms with Gasteiger partial charge in [-0.1, -0.05) is 30.3 Å². The Labute approximate surface area is 141 Å². The number of benzene rings is 1. The molecule has 1 aromatic heterocycles. The number of carbonyl (C=O) groups excluding carboxylic acids is 1. The lowest BCUT2D eigenvalue weighted by molar-refractivity contribution is -0.142. The second-order valence-corrected chi connectivity index (χ2v) is 5.71. The summed E-state index contributed by atoms with van der Waals surface area (Å²) in [6, 6.07) is 11.5. The largest absolute Gasteiger partial charge is 0.460 e. The van der Waals surface area contributed by atoms with E-state index in [0.717, 1.165) is 37.3 Å². The number of carbonyl (C=O) groups is 1. The summed E-state index contributed by atoms with van der Waals surface area (Å²) in [7, 11) is 0. The zero-order valence-electron chi connectivity index (χ0n) is 13.5. The average molecular weight is 327 g/mol. The lowest BCUT2D eigenvalue weighted by Gasteiger charge is -2.21. The fourth-order valence-electron chi connectivity index (χ4n) is 2.64. The fraction of sp³-hybridized carbons (Fsp3) is 0.389. The van der Waals surface area contributed by atoms with Crippen LogP contribution in [0.15, 0.2) is 42.7 Å². The molecule has 24 heavy (non-hydrogen) atoms. The van der Waals surface area contributed by atoms with Gasteiger partial charge in [0, 0.05) is 30.9 Å². The van der Waals surface area contributed by atoms with Gasteiger partial charge >= 0.3 is 5.97 Å². The van der Waals surface area contributed by atoms with Crippen LogP contribution in [0.25, 0.3) is 0 Å². The maximum atomic E-state index is 11.8. The molecule has 6 heteroatoms. The summed E-state index contributed by atoms with van der Waals surface area (Å²) in [6.45, 7) is 1.89. The third-order valence-electron chi connectivity index (χ3n) is 3.98. The van der Waals surface area contributed by atoms with Gasteiger partial charge in [-0.25, -0.2) is 9.97 Å². The number of rotatable bonds is 6. The van der Waals surface area contributed by atoms with Crippen molar-refractivity contribution in [2.75, 3.05) is 25.1 Å². The molecule has 0 saturated carbocycles.